The van der Waals surface area contributed by atoms with Crippen LogP contribution in [0.2, 0.25) is 0 Å². The number of hydrogen-bond acceptors (Lipinski definition) is 4. The summed E-state index contributed by atoms with van der Waals surface area (Å²) in [6, 6.07) is 0. The molecule has 0 spiro atoms. The van der Waals surface area contributed by atoms with Crippen LogP contribution in [0.5, 0.6) is 0 Å². The van der Waals surface area contributed by atoms with Crippen LogP contribution in [0.25, 0.3) is 0 Å². The second-order valence-corrected chi connectivity index (χ2v) is 8.47. The van der Waals surface area contributed by atoms with Crippen molar-refractivity contribution in [2.75, 3.05) is 13.2 Å². The molecule has 0 aromatic heterocycles. The van der Waals surface area contributed by atoms with Crippen LogP contribution in [0.4, 0.5) is 0 Å². The summed E-state index contributed by atoms with van der Waals surface area (Å²) in [5, 5.41) is 0. The van der Waals surface area contributed by atoms with Gasteiger partial charge in [-0.3, -0.25) is 4.57 Å². The van der Waals surface area contributed by atoms with Gasteiger partial charge in [0.25, 0.3) is 7.82 Å². The summed E-state index contributed by atoms with van der Waals surface area (Å²) in [5.74, 6) is 0. The molecule has 0 amide bonds. The second kappa shape index (κ2) is 21.9. The second-order valence-electron chi connectivity index (χ2n) is 7.06. The van der Waals surface area contributed by atoms with E-state index < -0.39 is 7.82 Å². The van der Waals surface area contributed by atoms with Crippen LogP contribution < -0.4 is 4.89 Å². The van der Waals surface area contributed by atoms with E-state index in [-0.39, 0.29) is 29.7 Å². The van der Waals surface area contributed by atoms with E-state index in [1.807, 2.05) is 0 Å². The van der Waals surface area contributed by atoms with E-state index in [1.54, 1.807) is 0 Å². The van der Waals surface area contributed by atoms with Crippen molar-refractivity contribution in [3.05, 3.63) is 0 Å². The van der Waals surface area contributed by atoms with Gasteiger partial charge in [-0.15, -0.1) is 0 Å². The first-order valence-corrected chi connectivity index (χ1v) is 12.2. The molecular formula is C20H42NiO4P+. The summed E-state index contributed by atoms with van der Waals surface area (Å²) in [4.78, 5) is 11.6. The van der Waals surface area contributed by atoms with E-state index >= 15 is 0 Å². The van der Waals surface area contributed by atoms with Gasteiger partial charge in [-0.1, -0.05) is 104 Å². The molecule has 0 aromatic carbocycles. The van der Waals surface area contributed by atoms with Crippen molar-refractivity contribution in [2.24, 2.45) is 0 Å². The Morgan fingerprint density at radius 2 is 0.846 bits per heavy atom. The quantitative estimate of drug-likeness (QED) is 0.120. The average molecular weight is 436 g/mol. The molecule has 0 bridgehead atoms. The van der Waals surface area contributed by atoms with Gasteiger partial charge < -0.3 is 13.9 Å². The molecule has 4 nitrogen and oxygen atoms in total. The summed E-state index contributed by atoms with van der Waals surface area (Å²) in [6.07, 6.45) is 18.8. The van der Waals surface area contributed by atoms with Gasteiger partial charge in [-0.25, -0.2) is 0 Å². The maximum absolute atomic E-state index is 11.6. The Morgan fingerprint density at radius 1 is 0.577 bits per heavy atom. The van der Waals surface area contributed by atoms with E-state index in [1.165, 1.54) is 64.2 Å². The van der Waals surface area contributed by atoms with Gasteiger partial charge in [0.2, 0.25) is 0 Å². The van der Waals surface area contributed by atoms with Gasteiger partial charge >= 0.3 is 16.5 Å². The topological polar surface area (TPSA) is 58.6 Å². The molecule has 0 fully saturated rings. The Morgan fingerprint density at radius 3 is 1.15 bits per heavy atom. The summed E-state index contributed by atoms with van der Waals surface area (Å²) < 4.78 is 21.5. The van der Waals surface area contributed by atoms with Gasteiger partial charge in [0.15, 0.2) is 0 Å². The molecule has 160 valence electrons. The standard InChI is InChI=1S/C20H43O4P.Ni/c1-3-5-7-9-11-13-15-17-19-23-25(21,22)24-20-18-16-14-12-10-8-6-4-2;/h3-20H2,1-2H3,(H,21,22);/q;+2/p-1. The molecule has 0 atom stereocenters. The van der Waals surface area contributed by atoms with E-state index in [0.717, 1.165) is 38.5 Å². The van der Waals surface area contributed by atoms with Gasteiger partial charge in [-0.05, 0) is 12.8 Å². The third kappa shape index (κ3) is 22.6. The minimum Gasteiger partial charge on any atom is -0.756 e. The molecule has 0 aliphatic heterocycles. The molecule has 0 heterocycles. The largest absolute Gasteiger partial charge is 2.00 e. The fourth-order valence-corrected chi connectivity index (χ4v) is 3.64. The summed E-state index contributed by atoms with van der Waals surface area (Å²) >= 11 is 0. The van der Waals surface area contributed by atoms with Crippen molar-refractivity contribution >= 4 is 7.82 Å². The number of hydrogen-bond donors (Lipinski definition) is 0. The normalized spacial score (nSPS) is 11.5. The molecule has 0 radical (unpaired) electrons. The number of unbranched alkanes of at least 4 members (excludes halogenated alkanes) is 14. The SMILES string of the molecule is CCCCCCCCCCOP(=O)([O-])OCCCCCCCCCC.[Ni+2]. The summed E-state index contributed by atoms with van der Waals surface area (Å²) in [5.41, 5.74) is 0. The molecular weight excluding hydrogens is 394 g/mol. The van der Waals surface area contributed by atoms with E-state index in [2.05, 4.69) is 13.8 Å². The smallest absolute Gasteiger partial charge is 0.756 e. The van der Waals surface area contributed by atoms with Crippen LogP contribution in [-0.2, 0) is 30.1 Å². The Kier molecular flexibility index (Phi) is 24.3. The van der Waals surface area contributed by atoms with E-state index in [4.69, 9.17) is 9.05 Å². The van der Waals surface area contributed by atoms with Crippen LogP contribution in [0.1, 0.15) is 117 Å². The Bertz CT molecular complexity index is 290. The van der Waals surface area contributed by atoms with Crippen LogP contribution >= 0.6 is 7.82 Å². The minimum atomic E-state index is -4.08. The fourth-order valence-electron chi connectivity index (χ4n) is 2.86. The van der Waals surface area contributed by atoms with Gasteiger partial charge in [0.05, 0.1) is 13.2 Å². The van der Waals surface area contributed by atoms with E-state index in [9.17, 15) is 9.46 Å². The minimum absolute atomic E-state index is 0. The molecule has 0 rings (SSSR count). The maximum Gasteiger partial charge on any atom is 2.00 e. The molecule has 0 saturated carbocycles. The first-order chi connectivity index (χ1) is 12.1. The van der Waals surface area contributed by atoms with Gasteiger partial charge in [0, 0.05) is 0 Å². The molecule has 0 aliphatic carbocycles. The van der Waals surface area contributed by atoms with Crippen LogP contribution in [0.15, 0.2) is 0 Å². The van der Waals surface area contributed by atoms with Crippen molar-refractivity contribution in [1.29, 1.82) is 0 Å². The predicted molar refractivity (Wildman–Crippen MR) is 105 cm³/mol. The number of phosphoric ester groups is 1. The Balaban J connectivity index is 0. The first-order valence-electron chi connectivity index (χ1n) is 10.7. The molecule has 0 saturated heterocycles. The molecule has 26 heavy (non-hydrogen) atoms. The zero-order valence-corrected chi connectivity index (χ0v) is 19.0. The van der Waals surface area contributed by atoms with Crippen molar-refractivity contribution in [3.8, 4) is 0 Å². The number of phosphoric acid groups is 1. The van der Waals surface area contributed by atoms with Crippen molar-refractivity contribution in [1.82, 2.24) is 0 Å². The average Bonchev–Trinajstić information content (AvgIpc) is 2.59. The fraction of sp³-hybridized carbons (Fsp3) is 1.00. The van der Waals surface area contributed by atoms with Crippen molar-refractivity contribution in [2.45, 2.75) is 117 Å². The molecule has 6 heteroatoms. The van der Waals surface area contributed by atoms with Crippen molar-refractivity contribution in [3.63, 3.8) is 0 Å². The van der Waals surface area contributed by atoms with Crippen molar-refractivity contribution < 1.29 is 35.0 Å². The zero-order valence-electron chi connectivity index (χ0n) is 17.1. The molecule has 0 N–H and O–H groups in total. The Hall–Kier alpha value is 0.604. The molecule has 0 unspecified atom stereocenters. The van der Waals surface area contributed by atoms with Gasteiger partial charge in [0.1, 0.15) is 0 Å². The molecule has 0 aliphatic rings. The summed E-state index contributed by atoms with van der Waals surface area (Å²) in [7, 11) is -4.08. The van der Waals surface area contributed by atoms with Crippen LogP contribution in [0, 0.1) is 0 Å². The first kappa shape index (κ1) is 28.8. The predicted octanol–water partition coefficient (Wildman–Crippen LogP) is 6.77. The monoisotopic (exact) mass is 435 g/mol. The maximum atomic E-state index is 11.6. The Labute approximate surface area is 172 Å². The summed E-state index contributed by atoms with van der Waals surface area (Å²) in [6.45, 7) is 4.95. The molecule has 0 aromatic rings. The van der Waals surface area contributed by atoms with E-state index in [0.29, 0.717) is 0 Å². The number of rotatable bonds is 20. The zero-order chi connectivity index (χ0) is 18.6. The van der Waals surface area contributed by atoms with Gasteiger partial charge in [-0.2, -0.15) is 0 Å². The third-order valence-corrected chi connectivity index (χ3v) is 5.49. The van der Waals surface area contributed by atoms with Crippen LogP contribution in [0.3, 0.4) is 0 Å². The third-order valence-electron chi connectivity index (χ3n) is 4.49. The van der Waals surface area contributed by atoms with Crippen LogP contribution in [-0.4, -0.2) is 13.2 Å².